The van der Waals surface area contributed by atoms with Crippen LogP contribution in [0, 0.1) is 5.82 Å². The average Bonchev–Trinajstić information content (AvgIpc) is 2.67. The van der Waals surface area contributed by atoms with Gasteiger partial charge in [-0.1, -0.05) is 6.92 Å². The maximum Gasteiger partial charge on any atom is 0.139 e. The highest BCUT2D eigenvalue weighted by atomic mass is 79.9. The Bertz CT molecular complexity index is 580. The number of aromatic nitrogens is 2. The maximum atomic E-state index is 13.7. The third kappa shape index (κ3) is 2.28. The lowest BCUT2D eigenvalue weighted by Crippen LogP contribution is -2.09. The lowest BCUT2D eigenvalue weighted by atomic mass is 10.2. The molecule has 2 nitrogen and oxygen atoms in total. The zero-order valence-electron chi connectivity index (χ0n) is 10.5. The van der Waals surface area contributed by atoms with Crippen LogP contribution in [0.4, 0.5) is 4.39 Å². The first-order valence-corrected chi connectivity index (χ1v) is 7.19. The molecule has 1 aromatic heterocycles. The van der Waals surface area contributed by atoms with Gasteiger partial charge in [0, 0.05) is 12.1 Å². The topological polar surface area (TPSA) is 17.8 Å². The fourth-order valence-corrected chi connectivity index (χ4v) is 2.52. The highest BCUT2D eigenvalue weighted by Gasteiger charge is 2.19. The van der Waals surface area contributed by atoms with Crippen molar-refractivity contribution in [1.29, 1.82) is 0 Å². The molecule has 18 heavy (non-hydrogen) atoms. The maximum absolute atomic E-state index is 13.7. The molecule has 0 aliphatic rings. The number of alkyl halides is 1. The van der Waals surface area contributed by atoms with Crippen LogP contribution in [-0.4, -0.2) is 9.55 Å². The van der Waals surface area contributed by atoms with Gasteiger partial charge in [0.2, 0.25) is 0 Å². The van der Waals surface area contributed by atoms with Gasteiger partial charge in [-0.3, -0.25) is 0 Å². The smallest absolute Gasteiger partial charge is 0.139 e. The predicted molar refractivity (Wildman–Crippen MR) is 76.7 cm³/mol. The molecule has 2 atom stereocenters. The summed E-state index contributed by atoms with van der Waals surface area (Å²) in [6.07, 6.45) is 0.944. The SMILES string of the molecule is CCC(C)n1c(C(C)Cl)nc2cc(Br)c(F)cc21. The zero-order valence-corrected chi connectivity index (χ0v) is 12.9. The molecule has 0 aliphatic carbocycles. The first-order valence-electron chi connectivity index (χ1n) is 5.96. The third-order valence-corrected chi connectivity index (χ3v) is 3.95. The molecule has 0 N–H and O–H groups in total. The Morgan fingerprint density at radius 3 is 2.67 bits per heavy atom. The second kappa shape index (κ2) is 5.17. The molecule has 0 amide bonds. The summed E-state index contributed by atoms with van der Waals surface area (Å²) in [4.78, 5) is 4.52. The van der Waals surface area contributed by atoms with E-state index < -0.39 is 0 Å². The van der Waals surface area contributed by atoms with Crippen molar-refractivity contribution in [2.75, 3.05) is 0 Å². The van der Waals surface area contributed by atoms with E-state index in [9.17, 15) is 4.39 Å². The van der Waals surface area contributed by atoms with Gasteiger partial charge in [-0.15, -0.1) is 11.6 Å². The van der Waals surface area contributed by atoms with Crippen LogP contribution < -0.4 is 0 Å². The summed E-state index contributed by atoms with van der Waals surface area (Å²) in [6.45, 7) is 6.06. The van der Waals surface area contributed by atoms with Gasteiger partial charge >= 0.3 is 0 Å². The van der Waals surface area contributed by atoms with Crippen molar-refractivity contribution >= 4 is 38.6 Å². The number of imidazole rings is 1. The zero-order chi connectivity index (χ0) is 13.4. The van der Waals surface area contributed by atoms with Gasteiger partial charge in [-0.25, -0.2) is 9.37 Å². The molecule has 0 saturated carbocycles. The molecule has 0 spiro atoms. The normalized spacial score (nSPS) is 15.0. The molecular formula is C13H15BrClFN2. The molecule has 0 bridgehead atoms. The Hall–Kier alpha value is -0.610. The van der Waals surface area contributed by atoms with E-state index in [-0.39, 0.29) is 17.2 Å². The van der Waals surface area contributed by atoms with Gasteiger partial charge in [-0.2, -0.15) is 0 Å². The van der Waals surface area contributed by atoms with E-state index in [0.29, 0.717) is 4.47 Å². The molecule has 1 aromatic carbocycles. The van der Waals surface area contributed by atoms with Gasteiger partial charge in [-0.05, 0) is 42.3 Å². The molecule has 0 aliphatic heterocycles. The minimum absolute atomic E-state index is 0.201. The summed E-state index contributed by atoms with van der Waals surface area (Å²) in [5.74, 6) is 0.513. The first-order chi connectivity index (χ1) is 8.45. The number of nitrogens with zero attached hydrogens (tertiary/aromatic N) is 2. The summed E-state index contributed by atoms with van der Waals surface area (Å²) in [6, 6.07) is 3.46. The van der Waals surface area contributed by atoms with Gasteiger partial charge in [0.15, 0.2) is 0 Å². The largest absolute Gasteiger partial charge is 0.324 e. The van der Waals surface area contributed by atoms with Crippen LogP contribution in [0.25, 0.3) is 11.0 Å². The Morgan fingerprint density at radius 2 is 2.11 bits per heavy atom. The average molecular weight is 334 g/mol. The summed E-state index contributed by atoms with van der Waals surface area (Å²) < 4.78 is 16.1. The lowest BCUT2D eigenvalue weighted by Gasteiger charge is -2.16. The van der Waals surface area contributed by atoms with Crippen LogP contribution in [-0.2, 0) is 0 Å². The van der Waals surface area contributed by atoms with Crippen LogP contribution in [0.2, 0.25) is 0 Å². The molecule has 2 aromatic rings. The number of halogens is 3. The number of hydrogen-bond donors (Lipinski definition) is 0. The number of benzene rings is 1. The van der Waals surface area contributed by atoms with E-state index in [1.54, 1.807) is 6.07 Å². The van der Waals surface area contributed by atoms with Gasteiger partial charge in [0.25, 0.3) is 0 Å². The van der Waals surface area contributed by atoms with Gasteiger partial charge in [0.05, 0.1) is 20.9 Å². The predicted octanol–water partition coefficient (Wildman–Crippen LogP) is 5.21. The number of rotatable bonds is 3. The highest BCUT2D eigenvalue weighted by molar-refractivity contribution is 9.10. The van der Waals surface area contributed by atoms with Gasteiger partial charge in [0.1, 0.15) is 11.6 Å². The molecule has 1 heterocycles. The third-order valence-electron chi connectivity index (χ3n) is 3.15. The van der Waals surface area contributed by atoms with Crippen molar-refractivity contribution < 1.29 is 4.39 Å². The van der Waals surface area contributed by atoms with E-state index >= 15 is 0 Å². The van der Waals surface area contributed by atoms with E-state index in [4.69, 9.17) is 11.6 Å². The molecule has 98 valence electrons. The van der Waals surface area contributed by atoms with Crippen LogP contribution in [0.1, 0.15) is 44.4 Å². The van der Waals surface area contributed by atoms with E-state index in [1.807, 2.05) is 11.5 Å². The second-order valence-corrected chi connectivity index (χ2v) is 5.98. The summed E-state index contributed by atoms with van der Waals surface area (Å²) in [5.41, 5.74) is 1.57. The standard InChI is InChI=1S/C13H15BrClFN2/c1-4-7(2)18-12-6-10(16)9(14)5-11(12)17-13(18)8(3)15/h5-8H,4H2,1-3H3. The Kier molecular flexibility index (Phi) is 3.97. The van der Waals surface area contributed by atoms with E-state index in [2.05, 4.69) is 34.8 Å². The van der Waals surface area contributed by atoms with Crippen molar-refractivity contribution in [3.05, 3.63) is 28.2 Å². The van der Waals surface area contributed by atoms with Crippen LogP contribution in [0.3, 0.4) is 0 Å². The van der Waals surface area contributed by atoms with Crippen molar-refractivity contribution in [1.82, 2.24) is 9.55 Å². The quantitative estimate of drug-likeness (QED) is 0.705. The molecule has 5 heteroatoms. The van der Waals surface area contributed by atoms with Crippen molar-refractivity contribution in [2.45, 2.75) is 38.6 Å². The van der Waals surface area contributed by atoms with Crippen LogP contribution in [0.15, 0.2) is 16.6 Å². The molecule has 0 radical (unpaired) electrons. The number of hydrogen-bond acceptors (Lipinski definition) is 1. The Labute approximate surface area is 119 Å². The summed E-state index contributed by atoms with van der Waals surface area (Å²) >= 11 is 9.36. The Morgan fingerprint density at radius 1 is 1.44 bits per heavy atom. The molecule has 2 rings (SSSR count). The van der Waals surface area contributed by atoms with Crippen LogP contribution in [0.5, 0.6) is 0 Å². The highest BCUT2D eigenvalue weighted by Crippen LogP contribution is 2.31. The van der Waals surface area contributed by atoms with E-state index in [0.717, 1.165) is 23.3 Å². The van der Waals surface area contributed by atoms with Crippen LogP contribution >= 0.6 is 27.5 Å². The lowest BCUT2D eigenvalue weighted by molar-refractivity contribution is 0.521. The van der Waals surface area contributed by atoms with Gasteiger partial charge < -0.3 is 4.57 Å². The molecule has 2 unspecified atom stereocenters. The molecule has 0 fully saturated rings. The first kappa shape index (κ1) is 13.8. The Balaban J connectivity index is 2.77. The van der Waals surface area contributed by atoms with Crippen molar-refractivity contribution in [3.63, 3.8) is 0 Å². The van der Waals surface area contributed by atoms with Crippen molar-refractivity contribution in [2.24, 2.45) is 0 Å². The summed E-state index contributed by atoms with van der Waals surface area (Å²) in [7, 11) is 0. The number of fused-ring (bicyclic) bond motifs is 1. The van der Waals surface area contributed by atoms with Crippen molar-refractivity contribution in [3.8, 4) is 0 Å². The summed E-state index contributed by atoms with van der Waals surface area (Å²) in [5, 5.41) is -0.201. The minimum Gasteiger partial charge on any atom is -0.324 e. The fourth-order valence-electron chi connectivity index (χ4n) is 2.04. The molecular weight excluding hydrogens is 319 g/mol. The second-order valence-electron chi connectivity index (χ2n) is 4.47. The molecule has 0 saturated heterocycles. The van der Waals surface area contributed by atoms with E-state index in [1.165, 1.54) is 6.07 Å². The fraction of sp³-hybridized carbons (Fsp3) is 0.462. The monoisotopic (exact) mass is 332 g/mol. The minimum atomic E-state index is -0.277.